The molecule has 0 unspecified atom stereocenters. The fraction of sp³-hybridized carbons (Fsp3) is 0.368. The number of hydrogen-bond donors (Lipinski definition) is 1. The second kappa shape index (κ2) is 8.41. The van der Waals surface area contributed by atoms with Gasteiger partial charge in [0.25, 0.3) is 5.91 Å². The lowest BCUT2D eigenvalue weighted by Crippen LogP contribution is -2.47. The Morgan fingerprint density at radius 2 is 1.71 bits per heavy atom. The summed E-state index contributed by atoms with van der Waals surface area (Å²) in [6, 6.07) is 5.52. The van der Waals surface area contributed by atoms with E-state index in [9.17, 15) is 31.1 Å². The molecule has 6 nitrogen and oxygen atoms in total. The van der Waals surface area contributed by atoms with Crippen molar-refractivity contribution in [2.45, 2.75) is 33.1 Å². The molecule has 0 spiro atoms. The predicted molar refractivity (Wildman–Crippen MR) is 97.5 cm³/mol. The second-order valence-electron chi connectivity index (χ2n) is 7.71. The molecule has 31 heavy (non-hydrogen) atoms. The number of anilines is 1. The van der Waals surface area contributed by atoms with Crippen LogP contribution in [0.4, 0.5) is 32.2 Å². The van der Waals surface area contributed by atoms with Crippen molar-refractivity contribution in [2.24, 2.45) is 5.41 Å². The summed E-state index contributed by atoms with van der Waals surface area (Å²) in [5, 5.41) is 9.92. The van der Waals surface area contributed by atoms with Crippen LogP contribution in [0, 0.1) is 16.7 Å². The van der Waals surface area contributed by atoms with E-state index in [1.54, 1.807) is 20.8 Å². The van der Waals surface area contributed by atoms with Crippen LogP contribution >= 0.6 is 0 Å². The van der Waals surface area contributed by atoms with E-state index in [0.29, 0.717) is 12.1 Å². The molecule has 0 saturated heterocycles. The Balaban J connectivity index is 2.47. The van der Waals surface area contributed by atoms with Crippen molar-refractivity contribution in [3.05, 3.63) is 53.0 Å². The first kappa shape index (κ1) is 23.9. The molecule has 1 N–H and O–H groups in total. The number of nitrogens with zero attached hydrogens (tertiary/aromatic N) is 4. The number of halogens is 6. The van der Waals surface area contributed by atoms with E-state index in [1.807, 2.05) is 0 Å². The highest BCUT2D eigenvalue weighted by atomic mass is 19.4. The molecule has 0 radical (unpaired) electrons. The lowest BCUT2D eigenvalue weighted by atomic mass is 9.96. The van der Waals surface area contributed by atoms with Crippen molar-refractivity contribution in [1.82, 2.24) is 15.4 Å². The average Bonchev–Trinajstić information content (AvgIpc) is 2.64. The van der Waals surface area contributed by atoms with Gasteiger partial charge in [-0.25, -0.2) is 4.98 Å². The minimum atomic E-state index is -4.89. The van der Waals surface area contributed by atoms with Crippen molar-refractivity contribution < 1.29 is 31.1 Å². The Kier molecular flexibility index (Phi) is 6.49. The largest absolute Gasteiger partial charge is 0.433 e. The summed E-state index contributed by atoms with van der Waals surface area (Å²) >= 11 is 0. The number of hydrazine groups is 1. The van der Waals surface area contributed by atoms with Gasteiger partial charge in [0, 0.05) is 18.2 Å². The first-order valence-electron chi connectivity index (χ1n) is 8.72. The maximum atomic E-state index is 13.2. The normalized spacial score (nSPS) is 12.3. The third-order valence-corrected chi connectivity index (χ3v) is 3.70. The Labute approximate surface area is 173 Å². The summed E-state index contributed by atoms with van der Waals surface area (Å²) in [5.74, 6) is -2.22. The zero-order valence-corrected chi connectivity index (χ0v) is 16.6. The monoisotopic (exact) mass is 445 g/mol. The summed E-state index contributed by atoms with van der Waals surface area (Å²) in [7, 11) is 0. The van der Waals surface area contributed by atoms with E-state index < -0.39 is 46.6 Å². The molecule has 0 aliphatic heterocycles. The molecule has 0 atom stereocenters. The van der Waals surface area contributed by atoms with Crippen LogP contribution < -0.4 is 10.4 Å². The highest BCUT2D eigenvalue weighted by Gasteiger charge is 2.35. The van der Waals surface area contributed by atoms with Gasteiger partial charge in [0.05, 0.1) is 5.56 Å². The number of rotatable bonds is 4. The number of alkyl halides is 6. The van der Waals surface area contributed by atoms with Crippen molar-refractivity contribution in [3.8, 4) is 6.07 Å². The van der Waals surface area contributed by atoms with E-state index in [1.165, 1.54) is 6.07 Å². The quantitative estimate of drug-likeness (QED) is 0.550. The Morgan fingerprint density at radius 3 is 2.23 bits per heavy atom. The van der Waals surface area contributed by atoms with Gasteiger partial charge in [0.1, 0.15) is 6.07 Å². The number of hydrogen-bond acceptors (Lipinski definition) is 5. The molecule has 0 saturated carbocycles. The first-order valence-corrected chi connectivity index (χ1v) is 8.72. The van der Waals surface area contributed by atoms with Gasteiger partial charge in [-0.2, -0.15) is 36.6 Å². The van der Waals surface area contributed by atoms with Gasteiger partial charge in [-0.1, -0.05) is 26.8 Å². The summed E-state index contributed by atoms with van der Waals surface area (Å²) in [6.07, 6.45) is -9.57. The van der Waals surface area contributed by atoms with Crippen molar-refractivity contribution >= 4 is 11.7 Å². The molecule has 2 aromatic rings. The van der Waals surface area contributed by atoms with Crippen LogP contribution in [0.1, 0.15) is 48.2 Å². The molecule has 166 valence electrons. The standard InChI is InChI=1S/C19H17F6N5O/c1-17(2,3)10-30(15-8-13(19(23,24)25)27-14(9-26)28-15)29-16(31)11-5-4-6-12(7-11)18(20,21)22/h4-8H,10H2,1-3H3,(H,29,31). The lowest BCUT2D eigenvalue weighted by molar-refractivity contribution is -0.141. The van der Waals surface area contributed by atoms with Gasteiger partial charge in [-0.3, -0.25) is 15.2 Å². The molecule has 1 heterocycles. The number of carbonyl (C=O) groups excluding carboxylic acids is 1. The lowest BCUT2D eigenvalue weighted by Gasteiger charge is -2.31. The van der Waals surface area contributed by atoms with E-state index in [2.05, 4.69) is 15.4 Å². The van der Waals surface area contributed by atoms with Crippen LogP contribution in [0.15, 0.2) is 30.3 Å². The van der Waals surface area contributed by atoms with E-state index >= 15 is 0 Å². The van der Waals surface area contributed by atoms with Crippen LogP contribution in [0.3, 0.4) is 0 Å². The average molecular weight is 445 g/mol. The smallest absolute Gasteiger partial charge is 0.267 e. The maximum absolute atomic E-state index is 13.2. The van der Waals surface area contributed by atoms with Crippen LogP contribution in [0.2, 0.25) is 0 Å². The van der Waals surface area contributed by atoms with E-state index in [4.69, 9.17) is 5.26 Å². The Morgan fingerprint density at radius 1 is 1.06 bits per heavy atom. The highest BCUT2D eigenvalue weighted by molar-refractivity contribution is 5.95. The van der Waals surface area contributed by atoms with Crippen molar-refractivity contribution in [1.29, 1.82) is 5.26 Å². The van der Waals surface area contributed by atoms with E-state index in [-0.39, 0.29) is 12.1 Å². The van der Waals surface area contributed by atoms with Gasteiger partial charge in [-0.05, 0) is 23.6 Å². The number of nitriles is 1. The number of aromatic nitrogens is 2. The van der Waals surface area contributed by atoms with E-state index in [0.717, 1.165) is 23.2 Å². The fourth-order valence-corrected chi connectivity index (χ4v) is 2.44. The number of nitrogens with one attached hydrogen (secondary N) is 1. The summed E-state index contributed by atoms with van der Waals surface area (Å²) in [6.45, 7) is 5.07. The third kappa shape index (κ3) is 6.56. The molecular weight excluding hydrogens is 428 g/mol. The van der Waals surface area contributed by atoms with Crippen LogP contribution in [-0.2, 0) is 12.4 Å². The van der Waals surface area contributed by atoms with Gasteiger partial charge < -0.3 is 0 Å². The fourth-order valence-electron chi connectivity index (χ4n) is 2.44. The molecule has 1 amide bonds. The SMILES string of the molecule is CC(C)(C)CN(NC(=O)c1cccc(C(F)(F)F)c1)c1cc(C(F)(F)F)nc(C#N)n1. The minimum Gasteiger partial charge on any atom is -0.267 e. The second-order valence-corrected chi connectivity index (χ2v) is 7.71. The zero-order chi connectivity index (χ0) is 23.6. The molecule has 2 rings (SSSR count). The molecule has 0 fully saturated rings. The summed E-state index contributed by atoms with van der Waals surface area (Å²) < 4.78 is 78.2. The predicted octanol–water partition coefficient (Wildman–Crippen LogP) is 4.58. The van der Waals surface area contributed by atoms with Gasteiger partial charge in [-0.15, -0.1) is 0 Å². The molecule has 0 aliphatic rings. The molecule has 1 aromatic carbocycles. The Hall–Kier alpha value is -3.36. The number of carbonyl (C=O) groups is 1. The van der Waals surface area contributed by atoms with Gasteiger partial charge in [0.2, 0.25) is 5.82 Å². The molecule has 1 aromatic heterocycles. The summed E-state index contributed by atoms with van der Waals surface area (Å²) in [4.78, 5) is 19.4. The maximum Gasteiger partial charge on any atom is 0.433 e. The minimum absolute atomic E-state index is 0.0725. The molecular formula is C19H17F6N5O. The van der Waals surface area contributed by atoms with Crippen LogP contribution in [0.5, 0.6) is 0 Å². The number of benzene rings is 1. The van der Waals surface area contributed by atoms with Crippen LogP contribution in [-0.4, -0.2) is 22.4 Å². The topological polar surface area (TPSA) is 81.9 Å². The van der Waals surface area contributed by atoms with Gasteiger partial charge >= 0.3 is 12.4 Å². The first-order chi connectivity index (χ1) is 14.1. The summed E-state index contributed by atoms with van der Waals surface area (Å²) in [5.41, 5.74) is -1.13. The van der Waals surface area contributed by atoms with Crippen molar-refractivity contribution in [2.75, 3.05) is 11.6 Å². The Bertz CT molecular complexity index is 1000. The van der Waals surface area contributed by atoms with Gasteiger partial charge in [0.15, 0.2) is 11.5 Å². The van der Waals surface area contributed by atoms with Crippen molar-refractivity contribution in [3.63, 3.8) is 0 Å². The highest BCUT2D eigenvalue weighted by Crippen LogP contribution is 2.31. The number of amides is 1. The molecule has 12 heteroatoms. The third-order valence-electron chi connectivity index (χ3n) is 3.70. The molecule has 0 aliphatic carbocycles. The van der Waals surface area contributed by atoms with Crippen LogP contribution in [0.25, 0.3) is 0 Å². The molecule has 0 bridgehead atoms. The zero-order valence-electron chi connectivity index (χ0n) is 16.6.